The standard InChI is InChI=1S/2C6H6O.C4H10O/c2*7-6-4-2-1-3-5-6;1-3-5-4-2/h2*1-5,7H;3-4H2,1-2H3. The number of para-hydroxylation sites is 2. The molecule has 0 unspecified atom stereocenters. The van der Waals surface area contributed by atoms with Crippen LogP contribution in [0.2, 0.25) is 0 Å². The Labute approximate surface area is 115 Å². The van der Waals surface area contributed by atoms with E-state index >= 15 is 0 Å². The molecule has 0 aliphatic rings. The van der Waals surface area contributed by atoms with E-state index in [0.29, 0.717) is 11.5 Å². The number of ether oxygens (including phenoxy) is 1. The van der Waals surface area contributed by atoms with E-state index in [4.69, 9.17) is 14.9 Å². The van der Waals surface area contributed by atoms with E-state index in [1.54, 1.807) is 48.5 Å². The Morgan fingerprint density at radius 3 is 1.11 bits per heavy atom. The van der Waals surface area contributed by atoms with E-state index in [-0.39, 0.29) is 0 Å². The van der Waals surface area contributed by atoms with Gasteiger partial charge < -0.3 is 14.9 Å². The zero-order valence-electron chi connectivity index (χ0n) is 11.5. The average molecular weight is 262 g/mol. The fraction of sp³-hybridized carbons (Fsp3) is 0.250. The highest BCUT2D eigenvalue weighted by molar-refractivity contribution is 5.19. The fourth-order valence-electron chi connectivity index (χ4n) is 1.06. The summed E-state index contributed by atoms with van der Waals surface area (Å²) >= 11 is 0. The summed E-state index contributed by atoms with van der Waals surface area (Å²) in [6.45, 7) is 5.67. The molecule has 2 aromatic rings. The summed E-state index contributed by atoms with van der Waals surface area (Å²) in [4.78, 5) is 0. The van der Waals surface area contributed by atoms with Gasteiger partial charge in [0.25, 0.3) is 0 Å². The largest absolute Gasteiger partial charge is 0.508 e. The van der Waals surface area contributed by atoms with Crippen LogP contribution in [0, 0.1) is 0 Å². The monoisotopic (exact) mass is 262 g/mol. The van der Waals surface area contributed by atoms with Gasteiger partial charge in [-0.2, -0.15) is 0 Å². The van der Waals surface area contributed by atoms with Gasteiger partial charge in [-0.1, -0.05) is 36.4 Å². The predicted octanol–water partition coefficient (Wildman–Crippen LogP) is 3.83. The van der Waals surface area contributed by atoms with Crippen molar-refractivity contribution in [2.45, 2.75) is 13.8 Å². The highest BCUT2D eigenvalue weighted by atomic mass is 16.5. The fourth-order valence-corrected chi connectivity index (χ4v) is 1.06. The lowest BCUT2D eigenvalue weighted by Gasteiger charge is -1.86. The Kier molecular flexibility index (Phi) is 11.1. The van der Waals surface area contributed by atoms with Gasteiger partial charge in [-0.15, -0.1) is 0 Å². The van der Waals surface area contributed by atoms with Gasteiger partial charge in [0.1, 0.15) is 11.5 Å². The Bertz CT molecular complexity index is 348. The molecular formula is C16H22O3. The van der Waals surface area contributed by atoms with Crippen molar-refractivity contribution in [3.05, 3.63) is 60.7 Å². The number of hydrogen-bond acceptors (Lipinski definition) is 3. The summed E-state index contributed by atoms with van der Waals surface area (Å²) in [5, 5.41) is 17.3. The molecule has 0 saturated carbocycles. The van der Waals surface area contributed by atoms with Crippen molar-refractivity contribution in [3.63, 3.8) is 0 Å². The van der Waals surface area contributed by atoms with Crippen molar-refractivity contribution in [2.24, 2.45) is 0 Å². The maximum absolute atomic E-state index is 8.63. The highest BCUT2D eigenvalue weighted by Gasteiger charge is 1.75. The predicted molar refractivity (Wildman–Crippen MR) is 78.4 cm³/mol. The molecule has 0 heterocycles. The van der Waals surface area contributed by atoms with Crippen molar-refractivity contribution in [1.82, 2.24) is 0 Å². The molecule has 19 heavy (non-hydrogen) atoms. The number of phenols is 2. The van der Waals surface area contributed by atoms with E-state index in [9.17, 15) is 0 Å². The normalized spacial score (nSPS) is 8.53. The van der Waals surface area contributed by atoms with E-state index in [1.807, 2.05) is 26.0 Å². The van der Waals surface area contributed by atoms with Crippen molar-refractivity contribution >= 4 is 0 Å². The molecule has 0 radical (unpaired) electrons. The number of hydrogen-bond donors (Lipinski definition) is 2. The molecule has 0 spiro atoms. The molecule has 0 aliphatic heterocycles. The van der Waals surface area contributed by atoms with Crippen LogP contribution in [0.15, 0.2) is 60.7 Å². The first-order valence-corrected chi connectivity index (χ1v) is 6.26. The molecule has 0 aromatic heterocycles. The molecular weight excluding hydrogens is 240 g/mol. The van der Waals surface area contributed by atoms with Gasteiger partial charge in [-0.25, -0.2) is 0 Å². The van der Waals surface area contributed by atoms with Gasteiger partial charge in [-0.3, -0.25) is 0 Å². The van der Waals surface area contributed by atoms with Crippen LogP contribution in [0.1, 0.15) is 13.8 Å². The second kappa shape index (κ2) is 12.5. The summed E-state index contributed by atoms with van der Waals surface area (Å²) < 4.78 is 4.83. The molecule has 104 valence electrons. The van der Waals surface area contributed by atoms with Crippen LogP contribution in [-0.2, 0) is 4.74 Å². The summed E-state index contributed by atoms with van der Waals surface area (Å²) in [6, 6.07) is 17.4. The lowest BCUT2D eigenvalue weighted by Crippen LogP contribution is -1.84. The zero-order valence-corrected chi connectivity index (χ0v) is 11.5. The van der Waals surface area contributed by atoms with E-state index in [1.165, 1.54) is 0 Å². The first-order valence-electron chi connectivity index (χ1n) is 6.26. The Hall–Kier alpha value is -2.00. The summed E-state index contributed by atoms with van der Waals surface area (Å²) in [6.07, 6.45) is 0. The van der Waals surface area contributed by atoms with Crippen molar-refractivity contribution in [1.29, 1.82) is 0 Å². The smallest absolute Gasteiger partial charge is 0.115 e. The lowest BCUT2D eigenvalue weighted by atomic mass is 10.3. The number of rotatable bonds is 2. The molecule has 2 aromatic carbocycles. The Morgan fingerprint density at radius 1 is 0.684 bits per heavy atom. The number of aromatic hydroxyl groups is 2. The van der Waals surface area contributed by atoms with Crippen LogP contribution in [0.3, 0.4) is 0 Å². The minimum atomic E-state index is 0.322. The first kappa shape index (κ1) is 17.0. The van der Waals surface area contributed by atoms with Gasteiger partial charge >= 0.3 is 0 Å². The number of benzene rings is 2. The second-order valence-electron chi connectivity index (χ2n) is 3.45. The Morgan fingerprint density at radius 2 is 1.00 bits per heavy atom. The van der Waals surface area contributed by atoms with Crippen LogP contribution < -0.4 is 0 Å². The minimum Gasteiger partial charge on any atom is -0.508 e. The summed E-state index contributed by atoms with van der Waals surface area (Å²) in [5.74, 6) is 0.644. The third-order valence-electron chi connectivity index (χ3n) is 1.92. The first-order chi connectivity index (χ1) is 9.20. The maximum atomic E-state index is 8.63. The second-order valence-corrected chi connectivity index (χ2v) is 3.45. The van der Waals surface area contributed by atoms with Crippen LogP contribution in [0.5, 0.6) is 11.5 Å². The van der Waals surface area contributed by atoms with E-state index in [0.717, 1.165) is 13.2 Å². The molecule has 0 fully saturated rings. The topological polar surface area (TPSA) is 49.7 Å². The molecule has 0 atom stereocenters. The molecule has 0 aliphatic carbocycles. The van der Waals surface area contributed by atoms with Gasteiger partial charge in [0.2, 0.25) is 0 Å². The van der Waals surface area contributed by atoms with Gasteiger partial charge in [0.15, 0.2) is 0 Å². The molecule has 3 nitrogen and oxygen atoms in total. The molecule has 0 bridgehead atoms. The van der Waals surface area contributed by atoms with E-state index in [2.05, 4.69) is 0 Å². The van der Waals surface area contributed by atoms with Crippen molar-refractivity contribution in [3.8, 4) is 11.5 Å². The van der Waals surface area contributed by atoms with Crippen molar-refractivity contribution < 1.29 is 14.9 Å². The summed E-state index contributed by atoms with van der Waals surface area (Å²) in [5.41, 5.74) is 0. The minimum absolute atomic E-state index is 0.322. The van der Waals surface area contributed by atoms with Crippen LogP contribution in [0.25, 0.3) is 0 Å². The quantitative estimate of drug-likeness (QED) is 0.864. The van der Waals surface area contributed by atoms with Crippen LogP contribution in [0.4, 0.5) is 0 Å². The lowest BCUT2D eigenvalue weighted by molar-refractivity contribution is 0.162. The van der Waals surface area contributed by atoms with Crippen LogP contribution in [-0.4, -0.2) is 23.4 Å². The molecule has 2 N–H and O–H groups in total. The Balaban J connectivity index is 0.000000261. The molecule has 0 saturated heterocycles. The van der Waals surface area contributed by atoms with Crippen molar-refractivity contribution in [2.75, 3.05) is 13.2 Å². The zero-order chi connectivity index (χ0) is 14.3. The summed E-state index contributed by atoms with van der Waals surface area (Å²) in [7, 11) is 0. The third-order valence-corrected chi connectivity index (χ3v) is 1.92. The number of phenolic OH excluding ortho intramolecular Hbond substituents is 2. The SMILES string of the molecule is CCOCC.Oc1ccccc1.Oc1ccccc1. The third kappa shape index (κ3) is 12.2. The van der Waals surface area contributed by atoms with E-state index < -0.39 is 0 Å². The molecule has 2 rings (SSSR count). The average Bonchev–Trinajstić information content (AvgIpc) is 2.43. The van der Waals surface area contributed by atoms with Crippen LogP contribution >= 0.6 is 0 Å². The van der Waals surface area contributed by atoms with Gasteiger partial charge in [-0.05, 0) is 38.1 Å². The molecule has 0 amide bonds. The van der Waals surface area contributed by atoms with Gasteiger partial charge in [0, 0.05) is 13.2 Å². The maximum Gasteiger partial charge on any atom is 0.115 e. The molecule has 3 heteroatoms. The van der Waals surface area contributed by atoms with Gasteiger partial charge in [0.05, 0.1) is 0 Å². The highest BCUT2D eigenvalue weighted by Crippen LogP contribution is 2.03.